The first-order valence-corrected chi connectivity index (χ1v) is 10.0. The number of hydrogen-bond acceptors (Lipinski definition) is 3. The van der Waals surface area contributed by atoms with E-state index >= 15 is 0 Å². The molecule has 0 spiro atoms. The molecule has 1 N–H and O–H groups in total. The molecule has 0 aliphatic rings. The Morgan fingerprint density at radius 3 is 2.48 bits per heavy atom. The number of sulfonamides is 1. The molecular formula is C17H18BrFN2O3S. The van der Waals surface area contributed by atoms with Crippen molar-refractivity contribution in [3.63, 3.8) is 0 Å². The van der Waals surface area contributed by atoms with E-state index in [-0.39, 0.29) is 5.69 Å². The van der Waals surface area contributed by atoms with Crippen LogP contribution in [0.1, 0.15) is 11.1 Å². The lowest BCUT2D eigenvalue weighted by atomic mass is 10.1. The number of carbonyl (C=O) groups excluding carboxylic acids is 1. The van der Waals surface area contributed by atoms with Crippen LogP contribution in [0.5, 0.6) is 0 Å². The third kappa shape index (κ3) is 5.02. The molecule has 0 saturated carbocycles. The highest BCUT2D eigenvalue weighted by atomic mass is 79.9. The molecule has 5 nitrogen and oxygen atoms in total. The van der Waals surface area contributed by atoms with Crippen molar-refractivity contribution in [1.82, 2.24) is 0 Å². The zero-order chi connectivity index (χ0) is 18.8. The molecule has 0 atom stereocenters. The van der Waals surface area contributed by atoms with Gasteiger partial charge in [-0.05, 0) is 49.2 Å². The molecule has 134 valence electrons. The monoisotopic (exact) mass is 428 g/mol. The van der Waals surface area contributed by atoms with Crippen LogP contribution in [0.25, 0.3) is 0 Å². The topological polar surface area (TPSA) is 66.5 Å². The van der Waals surface area contributed by atoms with E-state index in [2.05, 4.69) is 21.2 Å². The number of anilines is 2. The van der Waals surface area contributed by atoms with Gasteiger partial charge in [0.05, 0.1) is 17.6 Å². The molecule has 0 saturated heterocycles. The van der Waals surface area contributed by atoms with E-state index in [4.69, 9.17) is 0 Å². The van der Waals surface area contributed by atoms with E-state index in [0.717, 1.165) is 21.7 Å². The van der Waals surface area contributed by atoms with Crippen molar-refractivity contribution in [3.8, 4) is 0 Å². The van der Waals surface area contributed by atoms with Crippen LogP contribution in [-0.4, -0.2) is 27.1 Å². The van der Waals surface area contributed by atoms with Gasteiger partial charge in [0.25, 0.3) is 0 Å². The number of rotatable bonds is 5. The van der Waals surface area contributed by atoms with Crippen LogP contribution in [0.4, 0.5) is 15.8 Å². The SMILES string of the molecule is Cc1ccc(C)c(N(CC(=O)Nc2ccc(Br)cc2F)S(C)(=O)=O)c1. The summed E-state index contributed by atoms with van der Waals surface area (Å²) in [5, 5.41) is 2.40. The second-order valence-corrected chi connectivity index (χ2v) is 8.55. The summed E-state index contributed by atoms with van der Waals surface area (Å²) in [4.78, 5) is 12.3. The molecule has 0 heterocycles. The van der Waals surface area contributed by atoms with Crippen molar-refractivity contribution < 1.29 is 17.6 Å². The Bertz CT molecular complexity index is 916. The molecule has 2 aromatic rings. The highest BCUT2D eigenvalue weighted by Crippen LogP contribution is 2.24. The average molecular weight is 429 g/mol. The fourth-order valence-electron chi connectivity index (χ4n) is 2.28. The van der Waals surface area contributed by atoms with Crippen molar-refractivity contribution in [1.29, 1.82) is 0 Å². The number of carbonyl (C=O) groups is 1. The van der Waals surface area contributed by atoms with Crippen molar-refractivity contribution in [2.45, 2.75) is 13.8 Å². The highest BCUT2D eigenvalue weighted by molar-refractivity contribution is 9.10. The van der Waals surface area contributed by atoms with Gasteiger partial charge in [-0.15, -0.1) is 0 Å². The van der Waals surface area contributed by atoms with Crippen molar-refractivity contribution in [2.75, 3.05) is 22.4 Å². The number of aryl methyl sites for hydroxylation is 2. The van der Waals surface area contributed by atoms with Crippen molar-refractivity contribution >= 4 is 43.2 Å². The van der Waals surface area contributed by atoms with Crippen molar-refractivity contribution in [2.24, 2.45) is 0 Å². The smallest absolute Gasteiger partial charge is 0.245 e. The summed E-state index contributed by atoms with van der Waals surface area (Å²) in [7, 11) is -3.69. The normalized spacial score (nSPS) is 11.2. The molecule has 2 aromatic carbocycles. The molecule has 0 aliphatic heterocycles. The highest BCUT2D eigenvalue weighted by Gasteiger charge is 2.23. The molecule has 0 aliphatic carbocycles. The molecule has 0 fully saturated rings. The largest absolute Gasteiger partial charge is 0.322 e. The first kappa shape index (κ1) is 19.4. The minimum Gasteiger partial charge on any atom is -0.322 e. The lowest BCUT2D eigenvalue weighted by Crippen LogP contribution is -2.38. The first-order chi connectivity index (χ1) is 11.6. The van der Waals surface area contributed by atoms with Crippen LogP contribution in [0.15, 0.2) is 40.9 Å². The van der Waals surface area contributed by atoms with E-state index in [9.17, 15) is 17.6 Å². The first-order valence-electron chi connectivity index (χ1n) is 7.38. The number of halogens is 2. The quantitative estimate of drug-likeness (QED) is 0.790. The molecule has 25 heavy (non-hydrogen) atoms. The third-order valence-corrected chi connectivity index (χ3v) is 5.15. The summed E-state index contributed by atoms with van der Waals surface area (Å²) in [6, 6.07) is 9.54. The molecule has 2 rings (SSSR count). The van der Waals surface area contributed by atoms with Crippen LogP contribution < -0.4 is 9.62 Å². The number of nitrogens with zero attached hydrogens (tertiary/aromatic N) is 1. The zero-order valence-electron chi connectivity index (χ0n) is 14.0. The van der Waals surface area contributed by atoms with E-state index in [1.165, 1.54) is 12.1 Å². The molecule has 1 amide bonds. The van der Waals surface area contributed by atoms with Gasteiger partial charge >= 0.3 is 0 Å². The summed E-state index contributed by atoms with van der Waals surface area (Å²) in [6.45, 7) is 3.15. The summed E-state index contributed by atoms with van der Waals surface area (Å²) >= 11 is 3.13. The molecular weight excluding hydrogens is 411 g/mol. The van der Waals surface area contributed by atoms with E-state index < -0.39 is 28.3 Å². The summed E-state index contributed by atoms with van der Waals surface area (Å²) < 4.78 is 39.7. The minimum atomic E-state index is -3.69. The summed E-state index contributed by atoms with van der Waals surface area (Å²) in [5.74, 6) is -1.24. The molecule has 0 aromatic heterocycles. The second kappa shape index (κ2) is 7.53. The Labute approximate surface area is 155 Å². The molecule has 0 radical (unpaired) electrons. The van der Waals surface area contributed by atoms with Crippen molar-refractivity contribution in [3.05, 3.63) is 57.8 Å². The molecule has 8 heteroatoms. The third-order valence-electron chi connectivity index (χ3n) is 3.53. The van der Waals surface area contributed by atoms with Crippen LogP contribution in [-0.2, 0) is 14.8 Å². The predicted molar refractivity (Wildman–Crippen MR) is 101 cm³/mol. The van der Waals surface area contributed by atoms with Gasteiger partial charge in [-0.2, -0.15) is 0 Å². The standard InChI is InChI=1S/C17H18BrFN2O3S/c1-11-4-5-12(2)16(8-11)21(25(3,23)24)10-17(22)20-15-7-6-13(18)9-14(15)19/h4-9H,10H2,1-3H3,(H,20,22). The van der Waals surface area contributed by atoms with E-state index in [1.54, 1.807) is 25.1 Å². The van der Waals surface area contributed by atoms with Gasteiger partial charge in [0.2, 0.25) is 15.9 Å². The summed E-state index contributed by atoms with van der Waals surface area (Å²) in [5.41, 5.74) is 2.00. The van der Waals surface area contributed by atoms with Crippen LogP contribution in [0, 0.1) is 19.7 Å². The maximum absolute atomic E-state index is 13.8. The van der Waals surface area contributed by atoms with Gasteiger partial charge in [0.15, 0.2) is 0 Å². The maximum atomic E-state index is 13.8. The van der Waals surface area contributed by atoms with Crippen LogP contribution in [0.2, 0.25) is 0 Å². The number of amides is 1. The van der Waals surface area contributed by atoms with Gasteiger partial charge in [0.1, 0.15) is 12.4 Å². The molecule has 0 unspecified atom stereocenters. The van der Waals surface area contributed by atoms with Gasteiger partial charge in [-0.25, -0.2) is 12.8 Å². The summed E-state index contributed by atoms with van der Waals surface area (Å²) in [6.07, 6.45) is 1.03. The lowest BCUT2D eigenvalue weighted by molar-refractivity contribution is -0.114. The van der Waals surface area contributed by atoms with Gasteiger partial charge < -0.3 is 5.32 Å². The van der Waals surface area contributed by atoms with Gasteiger partial charge in [-0.1, -0.05) is 28.1 Å². The second-order valence-electron chi connectivity index (χ2n) is 5.73. The van der Waals surface area contributed by atoms with E-state index in [1.807, 2.05) is 13.0 Å². The average Bonchev–Trinajstić information content (AvgIpc) is 2.49. The Balaban J connectivity index is 2.28. The lowest BCUT2D eigenvalue weighted by Gasteiger charge is -2.24. The zero-order valence-corrected chi connectivity index (χ0v) is 16.4. The number of hydrogen-bond donors (Lipinski definition) is 1. The predicted octanol–water partition coefficient (Wildman–Crippen LogP) is 3.61. The van der Waals surface area contributed by atoms with Crippen LogP contribution in [0.3, 0.4) is 0 Å². The Kier molecular flexibility index (Phi) is 5.84. The van der Waals surface area contributed by atoms with Gasteiger partial charge in [-0.3, -0.25) is 9.10 Å². The molecule has 0 bridgehead atoms. The Morgan fingerprint density at radius 2 is 1.88 bits per heavy atom. The Hall–Kier alpha value is -1.93. The van der Waals surface area contributed by atoms with E-state index in [0.29, 0.717) is 10.2 Å². The fraction of sp³-hybridized carbons (Fsp3) is 0.235. The number of nitrogens with one attached hydrogen (secondary N) is 1. The maximum Gasteiger partial charge on any atom is 0.245 e. The van der Waals surface area contributed by atoms with Crippen LogP contribution >= 0.6 is 15.9 Å². The number of benzene rings is 2. The fourth-order valence-corrected chi connectivity index (χ4v) is 3.52. The van der Waals surface area contributed by atoms with Gasteiger partial charge in [0, 0.05) is 4.47 Å². The Morgan fingerprint density at radius 1 is 1.20 bits per heavy atom. The minimum absolute atomic E-state index is 0.0115.